The van der Waals surface area contributed by atoms with Crippen LogP contribution in [0.2, 0.25) is 0 Å². The number of nitrogens with zero attached hydrogens (tertiary/aromatic N) is 2. The Balaban J connectivity index is 2.20. The second kappa shape index (κ2) is 5.63. The van der Waals surface area contributed by atoms with Crippen LogP contribution in [-0.4, -0.2) is 26.0 Å². The molecular weight excluding hydrogens is 254 g/mol. The summed E-state index contributed by atoms with van der Waals surface area (Å²) in [5.41, 5.74) is 2.00. The summed E-state index contributed by atoms with van der Waals surface area (Å²) in [7, 11) is 0. The van der Waals surface area contributed by atoms with Crippen LogP contribution in [-0.2, 0) is 11.3 Å². The maximum atomic E-state index is 11.4. The molecule has 2 N–H and O–H groups in total. The molecule has 0 amide bonds. The van der Waals surface area contributed by atoms with Crippen molar-refractivity contribution in [2.75, 3.05) is 0 Å². The number of fused-ring (bicyclic) bond motifs is 1. The van der Waals surface area contributed by atoms with E-state index in [1.54, 1.807) is 0 Å². The van der Waals surface area contributed by atoms with Gasteiger partial charge in [0.15, 0.2) is 0 Å². The lowest BCUT2D eigenvalue weighted by atomic mass is 9.93. The molecule has 5 heteroatoms. The molecule has 20 heavy (non-hydrogen) atoms. The van der Waals surface area contributed by atoms with Gasteiger partial charge < -0.3 is 9.51 Å². The second-order valence-electron chi connectivity index (χ2n) is 5.10. The number of hydrogen-bond acceptors (Lipinski definition) is 3. The van der Waals surface area contributed by atoms with Crippen LogP contribution in [0.15, 0.2) is 24.5 Å². The number of aryl methyl sites for hydroxylation is 1. The van der Waals surface area contributed by atoms with Crippen molar-refractivity contribution in [1.82, 2.24) is 14.7 Å². The van der Waals surface area contributed by atoms with Crippen molar-refractivity contribution < 1.29 is 9.90 Å². The first-order chi connectivity index (χ1) is 9.52. The molecule has 0 saturated heterocycles. The normalized spacial score (nSPS) is 11.9. The van der Waals surface area contributed by atoms with E-state index in [4.69, 9.17) is 0 Å². The highest BCUT2D eigenvalue weighted by molar-refractivity contribution is 5.78. The van der Waals surface area contributed by atoms with E-state index < -0.39 is 11.5 Å². The average Bonchev–Trinajstić information content (AvgIpc) is 2.85. The Kier molecular flexibility index (Phi) is 4.09. The van der Waals surface area contributed by atoms with Gasteiger partial charge in [0.25, 0.3) is 0 Å². The van der Waals surface area contributed by atoms with Crippen molar-refractivity contribution >= 4 is 11.6 Å². The summed E-state index contributed by atoms with van der Waals surface area (Å²) in [6.07, 6.45) is 4.98. The zero-order chi connectivity index (χ0) is 14.8. The third kappa shape index (κ3) is 2.54. The van der Waals surface area contributed by atoms with Gasteiger partial charge in [0, 0.05) is 18.9 Å². The molecule has 2 aromatic heterocycles. The molecule has 0 aliphatic carbocycles. The molecular formula is C15H21N3O2. The highest BCUT2D eigenvalue weighted by Gasteiger charge is 2.34. The zero-order valence-electron chi connectivity index (χ0n) is 12.2. The van der Waals surface area contributed by atoms with E-state index in [2.05, 4.69) is 10.3 Å². The Morgan fingerprint density at radius 1 is 1.45 bits per heavy atom. The molecule has 5 nitrogen and oxygen atoms in total. The SMILES string of the molecule is CCC(CC)(NCc1cn2cccc(C)c2n1)C(=O)O. The molecule has 2 aromatic rings. The van der Waals surface area contributed by atoms with E-state index in [1.807, 2.05) is 49.7 Å². The van der Waals surface area contributed by atoms with E-state index in [0.29, 0.717) is 19.4 Å². The van der Waals surface area contributed by atoms with Gasteiger partial charge in [-0.05, 0) is 31.4 Å². The molecule has 0 atom stereocenters. The largest absolute Gasteiger partial charge is 0.480 e. The van der Waals surface area contributed by atoms with Gasteiger partial charge in [-0.25, -0.2) is 4.98 Å². The summed E-state index contributed by atoms with van der Waals surface area (Å²) in [6.45, 7) is 6.24. The van der Waals surface area contributed by atoms with Gasteiger partial charge in [-0.15, -0.1) is 0 Å². The van der Waals surface area contributed by atoms with Crippen LogP contribution in [0.3, 0.4) is 0 Å². The van der Waals surface area contributed by atoms with Crippen molar-refractivity contribution in [1.29, 1.82) is 0 Å². The van der Waals surface area contributed by atoms with Crippen molar-refractivity contribution in [3.05, 3.63) is 35.8 Å². The summed E-state index contributed by atoms with van der Waals surface area (Å²) < 4.78 is 1.96. The first-order valence-corrected chi connectivity index (χ1v) is 6.94. The number of carboxylic acid groups (broad SMARTS) is 1. The molecule has 0 radical (unpaired) electrons. The van der Waals surface area contributed by atoms with E-state index in [9.17, 15) is 9.90 Å². The second-order valence-corrected chi connectivity index (χ2v) is 5.10. The fourth-order valence-electron chi connectivity index (χ4n) is 2.43. The van der Waals surface area contributed by atoms with Crippen molar-refractivity contribution in [3.63, 3.8) is 0 Å². The summed E-state index contributed by atoms with van der Waals surface area (Å²) in [4.78, 5) is 16.0. The van der Waals surface area contributed by atoms with E-state index >= 15 is 0 Å². The minimum Gasteiger partial charge on any atom is -0.480 e. The Morgan fingerprint density at radius 2 is 2.15 bits per heavy atom. The van der Waals surface area contributed by atoms with E-state index in [1.165, 1.54) is 0 Å². The number of nitrogens with one attached hydrogen (secondary N) is 1. The average molecular weight is 275 g/mol. The molecule has 0 bridgehead atoms. The lowest BCUT2D eigenvalue weighted by molar-refractivity contribution is -0.145. The van der Waals surface area contributed by atoms with Gasteiger partial charge in [0.2, 0.25) is 0 Å². The highest BCUT2D eigenvalue weighted by atomic mass is 16.4. The molecule has 108 valence electrons. The van der Waals surface area contributed by atoms with E-state index in [0.717, 1.165) is 16.9 Å². The van der Waals surface area contributed by atoms with Gasteiger partial charge in [-0.1, -0.05) is 19.9 Å². The number of aliphatic carboxylic acids is 1. The Bertz CT molecular complexity index is 615. The van der Waals surface area contributed by atoms with Crippen molar-refractivity contribution in [2.45, 2.75) is 45.7 Å². The summed E-state index contributed by atoms with van der Waals surface area (Å²) >= 11 is 0. The molecule has 0 aromatic carbocycles. The Morgan fingerprint density at radius 3 is 2.70 bits per heavy atom. The molecule has 0 aliphatic rings. The topological polar surface area (TPSA) is 66.6 Å². The number of pyridine rings is 1. The third-order valence-electron chi connectivity index (χ3n) is 3.95. The number of imidazole rings is 1. The molecule has 0 unspecified atom stereocenters. The van der Waals surface area contributed by atoms with Crippen LogP contribution < -0.4 is 5.32 Å². The summed E-state index contributed by atoms with van der Waals surface area (Å²) in [5, 5.41) is 12.6. The van der Waals surface area contributed by atoms with Gasteiger partial charge in [0.05, 0.1) is 5.69 Å². The van der Waals surface area contributed by atoms with Crippen LogP contribution in [0.4, 0.5) is 0 Å². The van der Waals surface area contributed by atoms with Crippen LogP contribution in [0.25, 0.3) is 5.65 Å². The summed E-state index contributed by atoms with van der Waals surface area (Å²) in [6, 6.07) is 3.99. The lowest BCUT2D eigenvalue weighted by Gasteiger charge is -2.27. The van der Waals surface area contributed by atoms with Crippen LogP contribution in [0, 0.1) is 6.92 Å². The predicted molar refractivity (Wildman–Crippen MR) is 77.7 cm³/mol. The predicted octanol–water partition coefficient (Wildman–Crippen LogP) is 2.38. The van der Waals surface area contributed by atoms with Gasteiger partial charge in [0.1, 0.15) is 11.2 Å². The van der Waals surface area contributed by atoms with Crippen LogP contribution in [0.5, 0.6) is 0 Å². The maximum Gasteiger partial charge on any atom is 0.323 e. The number of carboxylic acids is 1. The molecule has 0 spiro atoms. The van der Waals surface area contributed by atoms with Gasteiger partial charge >= 0.3 is 5.97 Å². The monoisotopic (exact) mass is 275 g/mol. The number of rotatable bonds is 6. The number of carbonyl (C=O) groups is 1. The summed E-state index contributed by atoms with van der Waals surface area (Å²) in [5.74, 6) is -0.803. The minimum absolute atomic E-state index is 0.453. The fourth-order valence-corrected chi connectivity index (χ4v) is 2.43. The third-order valence-corrected chi connectivity index (χ3v) is 3.95. The molecule has 2 heterocycles. The van der Waals surface area contributed by atoms with Crippen molar-refractivity contribution in [3.8, 4) is 0 Å². The molecule has 2 rings (SSSR count). The van der Waals surface area contributed by atoms with Crippen LogP contribution in [0.1, 0.15) is 37.9 Å². The van der Waals surface area contributed by atoms with Gasteiger partial charge in [-0.3, -0.25) is 10.1 Å². The molecule has 0 aliphatic heterocycles. The quantitative estimate of drug-likeness (QED) is 0.849. The molecule has 0 saturated carbocycles. The van der Waals surface area contributed by atoms with Crippen molar-refractivity contribution in [2.24, 2.45) is 0 Å². The fraction of sp³-hybridized carbons (Fsp3) is 0.467. The minimum atomic E-state index is -0.870. The first kappa shape index (κ1) is 14.5. The zero-order valence-corrected chi connectivity index (χ0v) is 12.2. The Hall–Kier alpha value is -1.88. The maximum absolute atomic E-state index is 11.4. The van der Waals surface area contributed by atoms with Gasteiger partial charge in [-0.2, -0.15) is 0 Å². The standard InChI is InChI=1S/C15H21N3O2/c1-4-15(5-2,14(19)20)16-9-12-10-18-8-6-7-11(3)13(18)17-12/h6-8,10,16H,4-5,9H2,1-3H3,(H,19,20). The molecule has 0 fully saturated rings. The Labute approximate surface area is 118 Å². The lowest BCUT2D eigenvalue weighted by Crippen LogP contribution is -2.50. The number of hydrogen-bond donors (Lipinski definition) is 2. The highest BCUT2D eigenvalue weighted by Crippen LogP contribution is 2.17. The first-order valence-electron chi connectivity index (χ1n) is 6.94. The number of aromatic nitrogens is 2. The smallest absolute Gasteiger partial charge is 0.323 e. The van der Waals surface area contributed by atoms with Crippen LogP contribution >= 0.6 is 0 Å². The van der Waals surface area contributed by atoms with E-state index in [-0.39, 0.29) is 0 Å².